The van der Waals surface area contributed by atoms with Gasteiger partial charge >= 0.3 is 0 Å². The van der Waals surface area contributed by atoms with Gasteiger partial charge < -0.3 is 4.84 Å². The largest absolute Gasteiger partial charge is 0.304 e. The van der Waals surface area contributed by atoms with Crippen LogP contribution in [0.1, 0.15) is 19.8 Å². The molecule has 2 aliphatic rings. The SMILES string of the molecule is CC(CON)C1CC2C=CC1C2. The summed E-state index contributed by atoms with van der Waals surface area (Å²) in [6.45, 7) is 2.95. The molecule has 2 heteroatoms. The van der Waals surface area contributed by atoms with Crippen molar-refractivity contribution in [3.63, 3.8) is 0 Å². The second kappa shape index (κ2) is 3.19. The number of fused-ring (bicyclic) bond motifs is 2. The Morgan fingerprint density at radius 1 is 1.50 bits per heavy atom. The van der Waals surface area contributed by atoms with Crippen molar-refractivity contribution in [2.24, 2.45) is 29.6 Å². The number of nitrogens with two attached hydrogens (primary N) is 1. The highest BCUT2D eigenvalue weighted by Gasteiger charge is 2.38. The van der Waals surface area contributed by atoms with E-state index in [0.717, 1.165) is 17.8 Å². The van der Waals surface area contributed by atoms with E-state index in [4.69, 9.17) is 10.7 Å². The van der Waals surface area contributed by atoms with Crippen LogP contribution in [0.5, 0.6) is 0 Å². The zero-order valence-corrected chi connectivity index (χ0v) is 7.57. The van der Waals surface area contributed by atoms with Gasteiger partial charge in [0.1, 0.15) is 0 Å². The molecular formula is C10H17NO. The Kier molecular flexibility index (Phi) is 2.20. The van der Waals surface area contributed by atoms with E-state index in [1.165, 1.54) is 12.8 Å². The van der Waals surface area contributed by atoms with Crippen molar-refractivity contribution < 1.29 is 4.84 Å². The van der Waals surface area contributed by atoms with Crippen LogP contribution in [0.15, 0.2) is 12.2 Å². The summed E-state index contributed by atoms with van der Waals surface area (Å²) in [6, 6.07) is 0. The first-order valence-corrected chi connectivity index (χ1v) is 4.81. The van der Waals surface area contributed by atoms with Gasteiger partial charge in [-0.2, -0.15) is 0 Å². The average molecular weight is 167 g/mol. The first-order valence-electron chi connectivity index (χ1n) is 4.81. The van der Waals surface area contributed by atoms with E-state index in [1.807, 2.05) is 0 Å². The number of allylic oxidation sites excluding steroid dienone is 2. The Labute approximate surface area is 73.7 Å². The lowest BCUT2D eigenvalue weighted by Gasteiger charge is -2.24. The topological polar surface area (TPSA) is 35.2 Å². The maximum absolute atomic E-state index is 5.08. The Hall–Kier alpha value is -0.340. The average Bonchev–Trinajstić information content (AvgIpc) is 2.64. The van der Waals surface area contributed by atoms with Gasteiger partial charge in [0.15, 0.2) is 0 Å². The van der Waals surface area contributed by atoms with E-state index in [2.05, 4.69) is 19.1 Å². The van der Waals surface area contributed by atoms with E-state index < -0.39 is 0 Å². The molecule has 0 aromatic carbocycles. The van der Waals surface area contributed by atoms with Gasteiger partial charge in [0.25, 0.3) is 0 Å². The standard InChI is InChI=1S/C10H17NO/c1-7(6-12-11)10-5-8-2-3-9(10)4-8/h2-3,7-10H,4-6,11H2,1H3. The van der Waals surface area contributed by atoms with Gasteiger partial charge in [-0.05, 0) is 36.5 Å². The maximum Gasteiger partial charge on any atom is 0.0707 e. The normalized spacial score (nSPS) is 40.7. The van der Waals surface area contributed by atoms with Crippen molar-refractivity contribution >= 4 is 0 Å². The molecular weight excluding hydrogens is 150 g/mol. The Balaban J connectivity index is 1.93. The zero-order chi connectivity index (χ0) is 8.55. The van der Waals surface area contributed by atoms with Crippen LogP contribution in [0, 0.1) is 23.7 Å². The van der Waals surface area contributed by atoms with E-state index in [1.54, 1.807) is 0 Å². The third-order valence-corrected chi connectivity index (χ3v) is 3.42. The number of rotatable bonds is 3. The summed E-state index contributed by atoms with van der Waals surface area (Å²) in [6.07, 6.45) is 7.48. The van der Waals surface area contributed by atoms with Crippen LogP contribution in [0.25, 0.3) is 0 Å². The highest BCUT2D eigenvalue weighted by molar-refractivity contribution is 5.10. The molecule has 0 aromatic rings. The van der Waals surface area contributed by atoms with Crippen molar-refractivity contribution in [1.29, 1.82) is 0 Å². The van der Waals surface area contributed by atoms with E-state index in [-0.39, 0.29) is 0 Å². The fraction of sp³-hybridized carbons (Fsp3) is 0.800. The Bertz CT molecular complexity index is 190. The van der Waals surface area contributed by atoms with Gasteiger partial charge in [-0.1, -0.05) is 19.1 Å². The van der Waals surface area contributed by atoms with Crippen LogP contribution < -0.4 is 5.90 Å². The van der Waals surface area contributed by atoms with Crippen molar-refractivity contribution in [1.82, 2.24) is 0 Å². The molecule has 68 valence electrons. The summed E-state index contributed by atoms with van der Waals surface area (Å²) in [4.78, 5) is 4.70. The molecule has 1 fully saturated rings. The molecule has 1 saturated carbocycles. The van der Waals surface area contributed by atoms with Crippen LogP contribution in [0.3, 0.4) is 0 Å². The molecule has 0 radical (unpaired) electrons. The summed E-state index contributed by atoms with van der Waals surface area (Å²) in [5.74, 6) is 8.20. The van der Waals surface area contributed by atoms with E-state index in [9.17, 15) is 0 Å². The second-order valence-electron chi connectivity index (χ2n) is 4.25. The third-order valence-electron chi connectivity index (χ3n) is 3.42. The summed E-state index contributed by atoms with van der Waals surface area (Å²) >= 11 is 0. The highest BCUT2D eigenvalue weighted by atomic mass is 16.6. The first kappa shape index (κ1) is 8.27. The number of hydrogen-bond donors (Lipinski definition) is 1. The molecule has 0 aromatic heterocycles. The minimum Gasteiger partial charge on any atom is -0.304 e. The monoisotopic (exact) mass is 167 g/mol. The Morgan fingerprint density at radius 3 is 2.83 bits per heavy atom. The maximum atomic E-state index is 5.08. The molecule has 0 saturated heterocycles. The quantitative estimate of drug-likeness (QED) is 0.513. The van der Waals surface area contributed by atoms with Crippen molar-refractivity contribution in [3.8, 4) is 0 Å². The summed E-state index contributed by atoms with van der Waals surface area (Å²) in [5.41, 5.74) is 0. The highest BCUT2D eigenvalue weighted by Crippen LogP contribution is 2.46. The lowest BCUT2D eigenvalue weighted by atomic mass is 9.83. The molecule has 0 spiro atoms. The molecule has 0 heterocycles. The molecule has 2 nitrogen and oxygen atoms in total. The van der Waals surface area contributed by atoms with Crippen LogP contribution in [-0.2, 0) is 4.84 Å². The predicted molar refractivity (Wildman–Crippen MR) is 48.1 cm³/mol. The number of hydrogen-bond acceptors (Lipinski definition) is 2. The molecule has 12 heavy (non-hydrogen) atoms. The summed E-state index contributed by atoms with van der Waals surface area (Å²) in [5, 5.41) is 0. The van der Waals surface area contributed by atoms with Gasteiger partial charge in [-0.15, -0.1) is 0 Å². The van der Waals surface area contributed by atoms with Crippen molar-refractivity contribution in [2.45, 2.75) is 19.8 Å². The van der Waals surface area contributed by atoms with Gasteiger partial charge in [0, 0.05) is 0 Å². The van der Waals surface area contributed by atoms with Crippen LogP contribution in [-0.4, -0.2) is 6.61 Å². The van der Waals surface area contributed by atoms with Crippen molar-refractivity contribution in [3.05, 3.63) is 12.2 Å². The molecule has 0 aliphatic heterocycles. The second-order valence-corrected chi connectivity index (χ2v) is 4.25. The van der Waals surface area contributed by atoms with Gasteiger partial charge in [0.05, 0.1) is 6.61 Å². The fourth-order valence-electron chi connectivity index (χ4n) is 2.75. The lowest BCUT2D eigenvalue weighted by molar-refractivity contribution is 0.0788. The molecule has 0 amide bonds. The fourth-order valence-corrected chi connectivity index (χ4v) is 2.75. The van der Waals surface area contributed by atoms with E-state index in [0.29, 0.717) is 12.5 Å². The summed E-state index contributed by atoms with van der Waals surface area (Å²) in [7, 11) is 0. The minimum absolute atomic E-state index is 0.620. The minimum atomic E-state index is 0.620. The first-order chi connectivity index (χ1) is 5.81. The lowest BCUT2D eigenvalue weighted by Crippen LogP contribution is -2.22. The molecule has 2 aliphatic carbocycles. The van der Waals surface area contributed by atoms with Crippen LogP contribution in [0.2, 0.25) is 0 Å². The Morgan fingerprint density at radius 2 is 2.33 bits per heavy atom. The molecule has 2 N–H and O–H groups in total. The van der Waals surface area contributed by atoms with Crippen LogP contribution in [0.4, 0.5) is 0 Å². The van der Waals surface area contributed by atoms with Gasteiger partial charge in [-0.25, -0.2) is 5.90 Å². The van der Waals surface area contributed by atoms with Crippen LogP contribution >= 0.6 is 0 Å². The van der Waals surface area contributed by atoms with Crippen molar-refractivity contribution in [2.75, 3.05) is 6.61 Å². The molecule has 4 atom stereocenters. The zero-order valence-electron chi connectivity index (χ0n) is 7.57. The molecule has 4 unspecified atom stereocenters. The predicted octanol–water partition coefficient (Wildman–Crippen LogP) is 1.73. The van der Waals surface area contributed by atoms with E-state index >= 15 is 0 Å². The molecule has 2 bridgehead atoms. The summed E-state index contributed by atoms with van der Waals surface area (Å²) < 4.78 is 0. The third kappa shape index (κ3) is 1.29. The van der Waals surface area contributed by atoms with Gasteiger partial charge in [0.2, 0.25) is 0 Å². The smallest absolute Gasteiger partial charge is 0.0707 e. The van der Waals surface area contributed by atoms with Gasteiger partial charge in [-0.3, -0.25) is 0 Å². The molecule has 2 rings (SSSR count).